The maximum atomic E-state index is 12.3. The van der Waals surface area contributed by atoms with Crippen molar-refractivity contribution in [2.24, 2.45) is 0 Å². The fourth-order valence-electron chi connectivity index (χ4n) is 2.08. The van der Waals surface area contributed by atoms with E-state index < -0.39 is 5.97 Å². The molecule has 0 saturated heterocycles. The topological polar surface area (TPSA) is 94.8 Å². The second-order valence-corrected chi connectivity index (χ2v) is 5.55. The third kappa shape index (κ3) is 3.21. The number of hydrogen-bond acceptors (Lipinski definition) is 7. The van der Waals surface area contributed by atoms with Crippen molar-refractivity contribution in [3.8, 4) is 0 Å². The lowest BCUT2D eigenvalue weighted by Gasteiger charge is -2.12. The highest BCUT2D eigenvalue weighted by Gasteiger charge is 2.28. The van der Waals surface area contributed by atoms with Crippen LogP contribution in [-0.2, 0) is 11.3 Å². The molecular formula is C14H18N6O2. The lowest BCUT2D eigenvalue weighted by Crippen LogP contribution is -2.16. The maximum absolute atomic E-state index is 12.3. The lowest BCUT2D eigenvalue weighted by atomic mass is 10.2. The highest BCUT2D eigenvalue weighted by molar-refractivity contribution is 5.94. The Morgan fingerprint density at radius 2 is 2.32 bits per heavy atom. The fourth-order valence-corrected chi connectivity index (χ4v) is 2.08. The Morgan fingerprint density at radius 3 is 3.05 bits per heavy atom. The first-order valence-electron chi connectivity index (χ1n) is 7.30. The van der Waals surface area contributed by atoms with Crippen molar-refractivity contribution in [3.05, 3.63) is 29.7 Å². The van der Waals surface area contributed by atoms with Crippen molar-refractivity contribution in [2.45, 2.75) is 45.4 Å². The molecule has 8 nitrogen and oxygen atoms in total. The van der Waals surface area contributed by atoms with Gasteiger partial charge in [0.25, 0.3) is 0 Å². The van der Waals surface area contributed by atoms with Gasteiger partial charge in [-0.1, -0.05) is 0 Å². The van der Waals surface area contributed by atoms with E-state index in [-0.39, 0.29) is 12.6 Å². The molecule has 2 aromatic heterocycles. The molecule has 116 valence electrons. The number of ether oxygens (including phenoxy) is 1. The summed E-state index contributed by atoms with van der Waals surface area (Å²) < 4.78 is 7.06. The number of aromatic nitrogens is 5. The largest absolute Gasteiger partial charge is 0.454 e. The minimum atomic E-state index is -0.443. The molecule has 2 aromatic rings. The number of esters is 1. The average molecular weight is 302 g/mol. The van der Waals surface area contributed by atoms with Crippen LogP contribution in [0, 0.1) is 0 Å². The molecule has 0 atom stereocenters. The smallest absolute Gasteiger partial charge is 0.342 e. The van der Waals surface area contributed by atoms with Gasteiger partial charge in [0.05, 0.1) is 6.04 Å². The van der Waals surface area contributed by atoms with Gasteiger partial charge in [0.15, 0.2) is 12.4 Å². The zero-order chi connectivity index (χ0) is 15.5. The molecule has 8 heteroatoms. The van der Waals surface area contributed by atoms with E-state index in [0.29, 0.717) is 23.2 Å². The van der Waals surface area contributed by atoms with Crippen LogP contribution in [0.25, 0.3) is 0 Å². The van der Waals surface area contributed by atoms with E-state index in [1.807, 2.05) is 13.8 Å². The molecular weight excluding hydrogens is 284 g/mol. The van der Waals surface area contributed by atoms with Crippen LogP contribution in [0.1, 0.15) is 48.9 Å². The molecule has 1 saturated carbocycles. The Morgan fingerprint density at radius 1 is 1.50 bits per heavy atom. The van der Waals surface area contributed by atoms with E-state index in [1.54, 1.807) is 23.0 Å². The van der Waals surface area contributed by atoms with Gasteiger partial charge >= 0.3 is 5.97 Å². The number of nitrogens with zero attached hydrogens (tertiary/aromatic N) is 5. The van der Waals surface area contributed by atoms with Crippen LogP contribution in [0.15, 0.2) is 18.3 Å². The highest BCUT2D eigenvalue weighted by Crippen LogP contribution is 2.34. The summed E-state index contributed by atoms with van der Waals surface area (Å²) in [6, 6.07) is 3.91. The van der Waals surface area contributed by atoms with Crippen molar-refractivity contribution in [2.75, 3.05) is 5.32 Å². The van der Waals surface area contributed by atoms with E-state index in [9.17, 15) is 4.79 Å². The van der Waals surface area contributed by atoms with Gasteiger partial charge in [0.2, 0.25) is 0 Å². The average Bonchev–Trinajstić information content (AvgIpc) is 3.23. The van der Waals surface area contributed by atoms with Gasteiger partial charge in [-0.05, 0) is 49.2 Å². The van der Waals surface area contributed by atoms with Crippen LogP contribution in [0.3, 0.4) is 0 Å². The standard InChI is InChI=1S/C14H18N6O2/c1-9(2)16-13-11(4-3-7-15-13)14(21)22-8-12-17-18-19-20(12)10-5-6-10/h3-4,7,9-10H,5-6,8H2,1-2H3,(H,15,16). The first-order valence-corrected chi connectivity index (χ1v) is 7.30. The second-order valence-electron chi connectivity index (χ2n) is 5.55. The molecule has 2 heterocycles. The van der Waals surface area contributed by atoms with Gasteiger partial charge < -0.3 is 10.1 Å². The number of tetrazole rings is 1. The van der Waals surface area contributed by atoms with E-state index in [4.69, 9.17) is 4.74 Å². The molecule has 0 bridgehead atoms. The van der Waals surface area contributed by atoms with Crippen LogP contribution < -0.4 is 5.32 Å². The first kappa shape index (κ1) is 14.4. The molecule has 0 spiro atoms. The number of anilines is 1. The molecule has 0 radical (unpaired) electrons. The third-order valence-corrected chi connectivity index (χ3v) is 3.24. The van der Waals surface area contributed by atoms with Crippen molar-refractivity contribution in [3.63, 3.8) is 0 Å². The summed E-state index contributed by atoms with van der Waals surface area (Å²) >= 11 is 0. The van der Waals surface area contributed by atoms with Crippen molar-refractivity contribution in [1.29, 1.82) is 0 Å². The van der Waals surface area contributed by atoms with Gasteiger partial charge in [0, 0.05) is 12.2 Å². The molecule has 0 aliphatic heterocycles. The first-order chi connectivity index (χ1) is 10.6. The number of pyridine rings is 1. The Labute approximate surface area is 127 Å². The molecule has 1 aliphatic carbocycles. The van der Waals surface area contributed by atoms with Gasteiger partial charge in [-0.2, -0.15) is 0 Å². The number of hydrogen-bond donors (Lipinski definition) is 1. The highest BCUT2D eigenvalue weighted by atomic mass is 16.5. The van der Waals surface area contributed by atoms with Crippen LogP contribution in [0.5, 0.6) is 0 Å². The summed E-state index contributed by atoms with van der Waals surface area (Å²) in [7, 11) is 0. The summed E-state index contributed by atoms with van der Waals surface area (Å²) in [4.78, 5) is 16.4. The predicted octanol–water partition coefficient (Wildman–Crippen LogP) is 1.58. The van der Waals surface area contributed by atoms with E-state index in [0.717, 1.165) is 12.8 Å². The summed E-state index contributed by atoms with van der Waals surface area (Å²) in [5.41, 5.74) is 0.404. The zero-order valence-electron chi connectivity index (χ0n) is 12.6. The number of carbonyl (C=O) groups excluding carboxylic acids is 1. The molecule has 0 aromatic carbocycles. The monoisotopic (exact) mass is 302 g/mol. The van der Waals surface area contributed by atoms with Crippen molar-refractivity contribution >= 4 is 11.8 Å². The quantitative estimate of drug-likeness (QED) is 0.809. The van der Waals surface area contributed by atoms with E-state index >= 15 is 0 Å². The summed E-state index contributed by atoms with van der Waals surface area (Å²) in [5, 5.41) is 14.6. The molecule has 1 aliphatic rings. The number of nitrogens with one attached hydrogen (secondary N) is 1. The summed E-state index contributed by atoms with van der Waals surface area (Å²) in [6.45, 7) is 4.01. The summed E-state index contributed by atoms with van der Waals surface area (Å²) in [5.74, 6) is 0.643. The predicted molar refractivity (Wildman–Crippen MR) is 78.2 cm³/mol. The van der Waals surface area contributed by atoms with Crippen LogP contribution >= 0.6 is 0 Å². The molecule has 3 rings (SSSR count). The molecule has 0 amide bonds. The molecule has 22 heavy (non-hydrogen) atoms. The van der Waals surface area contributed by atoms with Gasteiger partial charge in [-0.3, -0.25) is 0 Å². The molecule has 1 N–H and O–H groups in total. The minimum Gasteiger partial charge on any atom is -0.454 e. The zero-order valence-corrected chi connectivity index (χ0v) is 12.6. The fraction of sp³-hybridized carbons (Fsp3) is 0.500. The number of carbonyl (C=O) groups is 1. The van der Waals surface area contributed by atoms with Crippen LogP contribution in [0.4, 0.5) is 5.82 Å². The van der Waals surface area contributed by atoms with Crippen LogP contribution in [0.2, 0.25) is 0 Å². The van der Waals surface area contributed by atoms with Crippen LogP contribution in [-0.4, -0.2) is 37.2 Å². The van der Waals surface area contributed by atoms with E-state index in [2.05, 4.69) is 25.8 Å². The lowest BCUT2D eigenvalue weighted by molar-refractivity contribution is 0.0457. The van der Waals surface area contributed by atoms with Crippen molar-refractivity contribution < 1.29 is 9.53 Å². The molecule has 1 fully saturated rings. The maximum Gasteiger partial charge on any atom is 0.342 e. The minimum absolute atomic E-state index is 0.0539. The van der Waals surface area contributed by atoms with Gasteiger partial charge in [-0.15, -0.1) is 5.10 Å². The SMILES string of the molecule is CC(C)Nc1ncccc1C(=O)OCc1nnnn1C1CC1. The summed E-state index contributed by atoms with van der Waals surface area (Å²) in [6.07, 6.45) is 3.77. The third-order valence-electron chi connectivity index (χ3n) is 3.24. The Kier molecular flexibility index (Phi) is 3.99. The van der Waals surface area contributed by atoms with Crippen molar-refractivity contribution in [1.82, 2.24) is 25.2 Å². The Balaban J connectivity index is 1.68. The second kappa shape index (κ2) is 6.08. The number of rotatable bonds is 6. The van der Waals surface area contributed by atoms with Gasteiger partial charge in [0.1, 0.15) is 11.4 Å². The normalized spacial score (nSPS) is 14.1. The van der Waals surface area contributed by atoms with E-state index in [1.165, 1.54) is 0 Å². The Hall–Kier alpha value is -2.51. The Bertz CT molecular complexity index is 665. The molecule has 0 unspecified atom stereocenters. The van der Waals surface area contributed by atoms with Gasteiger partial charge in [-0.25, -0.2) is 14.5 Å².